The number of hydrogen-bond acceptors (Lipinski definition) is 18. The molecule has 6 heterocycles. The van der Waals surface area contributed by atoms with Crippen LogP contribution >= 0.6 is 0 Å². The first-order valence-corrected chi connectivity index (χ1v) is 36.5. The van der Waals surface area contributed by atoms with Gasteiger partial charge in [0.15, 0.2) is 40.8 Å². The fraction of sp³-hybridized carbons (Fsp3) is 0.402. The third kappa shape index (κ3) is 16.0. The van der Waals surface area contributed by atoms with E-state index in [4.69, 9.17) is 28.4 Å². The van der Waals surface area contributed by atoms with Crippen LogP contribution in [0.15, 0.2) is 128 Å². The van der Waals surface area contributed by atoms with Gasteiger partial charge in [-0.25, -0.2) is 14.4 Å². The summed E-state index contributed by atoms with van der Waals surface area (Å²) in [6.07, 6.45) is 3.58. The second-order valence-corrected chi connectivity index (χ2v) is 28.9. The summed E-state index contributed by atoms with van der Waals surface area (Å²) in [6, 6.07) is 34.8. The highest BCUT2D eigenvalue weighted by atomic mass is 16.6. The topological polar surface area (TPSA) is 297 Å². The van der Waals surface area contributed by atoms with Gasteiger partial charge in [-0.3, -0.25) is 38.4 Å². The zero-order valence-electron chi connectivity index (χ0n) is 61.2. The first kappa shape index (κ1) is 74.1. The fourth-order valence-electron chi connectivity index (χ4n) is 15.1. The van der Waals surface area contributed by atoms with Crippen LogP contribution < -0.4 is 44.1 Å². The van der Waals surface area contributed by atoms with Crippen LogP contribution in [0.5, 0.6) is 28.7 Å². The molecule has 7 aromatic rings. The van der Waals surface area contributed by atoms with Crippen LogP contribution in [-0.4, -0.2) is 155 Å². The minimum Gasteiger partial charge on any atom is -0.497 e. The molecule has 3 N–H and O–H groups in total. The molecule has 0 bridgehead atoms. The number of benzene rings is 6. The van der Waals surface area contributed by atoms with E-state index in [-0.39, 0.29) is 141 Å². The third-order valence-electron chi connectivity index (χ3n) is 21.5. The molecule has 6 aliphatic rings. The molecule has 25 heteroatoms. The molecule has 6 aromatic carbocycles. The summed E-state index contributed by atoms with van der Waals surface area (Å²) in [7, 11) is 6.44. The number of aromatic nitrogens is 3. The Balaban J connectivity index is 0.569. The van der Waals surface area contributed by atoms with Crippen molar-refractivity contribution in [3.8, 4) is 51.3 Å². The maximum atomic E-state index is 14.5. The highest BCUT2D eigenvalue weighted by Crippen LogP contribution is 2.57. The number of aliphatic hydroxyl groups is 1. The predicted octanol–water partition coefficient (Wildman–Crippen LogP) is 10.3. The summed E-state index contributed by atoms with van der Waals surface area (Å²) in [5.41, 5.74) is 9.42. The number of ether oxygens (including phenoxy) is 6. The maximum Gasteiger partial charge on any atom is 0.416 e. The molecule has 0 unspecified atom stereocenters. The van der Waals surface area contributed by atoms with Gasteiger partial charge >= 0.3 is 6.09 Å². The Bertz CT molecular complexity index is 4640. The number of ketones is 3. The summed E-state index contributed by atoms with van der Waals surface area (Å²) in [6.45, 7) is 5.52. The van der Waals surface area contributed by atoms with E-state index in [0.717, 1.165) is 75.4 Å². The van der Waals surface area contributed by atoms with Gasteiger partial charge in [0.05, 0.1) is 82.3 Å². The zero-order valence-corrected chi connectivity index (χ0v) is 61.2. The smallest absolute Gasteiger partial charge is 0.416 e. The first-order valence-electron chi connectivity index (χ1n) is 36.5. The number of para-hydroxylation sites is 1. The van der Waals surface area contributed by atoms with Gasteiger partial charge in [-0.1, -0.05) is 97.9 Å². The largest absolute Gasteiger partial charge is 0.497 e. The lowest BCUT2D eigenvalue weighted by molar-refractivity contribution is -0.133. The number of carbonyl (C=O) groups excluding carboxylic acids is 9. The van der Waals surface area contributed by atoms with Crippen LogP contribution in [0.4, 0.5) is 16.2 Å². The number of Topliss-reactive ketones (excluding diaryl/α,β-unsaturated/α-hetero) is 3. The van der Waals surface area contributed by atoms with Gasteiger partial charge in [0, 0.05) is 99.5 Å². The molecule has 1 saturated carbocycles. The van der Waals surface area contributed by atoms with E-state index < -0.39 is 47.9 Å². The average Bonchev–Trinajstić information content (AvgIpc) is 1.57. The standard InChI is InChI=1S/C82H89N9O16/c1-48(2)62(38-58(93)43-83-73(95)29-25-57(92)26-30-74(96)89-44-54-13-8-9-14-60(54)76-75(85-86-87(76)4)61-15-10-11-16-65(61)89)77(97)84-49(3)68(94)35-50-17-19-51(20-18-50)46-107-81(101)91-66-41-72(70(104-7)40-64(66)79(99)90-47-82(31-32-82)42-67(90)80(91)100)106-34-12-33-105-71-37-53-21-24-56-36-55(52-22-27-59(102-5)28-23-52)45-88(56)78(98)63(53)39-69(71)103-6/h8-11,13-20,22-23,27-28,37,39-41,45,48-49,56,62,67,80,100H,12,21,24-26,29-36,38,42-44,46-47H2,1-7H3,(H,83,95)(H,84,97)/t49-,56+,62-,67-,80+/m0/s1. The van der Waals surface area contributed by atoms with E-state index in [9.17, 15) is 48.3 Å². The molecule has 1 aromatic heterocycles. The van der Waals surface area contributed by atoms with Gasteiger partial charge in [-0.05, 0) is 127 Å². The number of nitrogens with one attached hydrogen (secondary N) is 2. The van der Waals surface area contributed by atoms with Gasteiger partial charge < -0.3 is 58.9 Å². The van der Waals surface area contributed by atoms with Crippen molar-refractivity contribution >= 4 is 69.9 Å². The summed E-state index contributed by atoms with van der Waals surface area (Å²) >= 11 is 0. The Morgan fingerprint density at radius 1 is 0.701 bits per heavy atom. The Labute approximate surface area is 620 Å². The number of fused-ring (bicyclic) bond motifs is 9. The predicted molar refractivity (Wildman–Crippen MR) is 396 cm³/mol. The molecule has 1 spiro atoms. The quantitative estimate of drug-likeness (QED) is 0.0384. The molecule has 2 fully saturated rings. The van der Waals surface area contributed by atoms with E-state index >= 15 is 0 Å². The average molecular weight is 1460 g/mol. The zero-order chi connectivity index (χ0) is 75.4. The Kier molecular flexibility index (Phi) is 22.1. The van der Waals surface area contributed by atoms with Crippen LogP contribution in [0.25, 0.3) is 28.1 Å². The summed E-state index contributed by atoms with van der Waals surface area (Å²) in [4.78, 5) is 130. The molecule has 6 amide bonds. The number of aryl methyl sites for hydroxylation is 2. The van der Waals surface area contributed by atoms with Crippen LogP contribution in [0, 0.1) is 17.3 Å². The van der Waals surface area contributed by atoms with Gasteiger partial charge in [0.25, 0.3) is 11.8 Å². The third-order valence-corrected chi connectivity index (χ3v) is 21.5. The first-order chi connectivity index (χ1) is 51.6. The second-order valence-electron chi connectivity index (χ2n) is 28.9. The molecule has 25 nitrogen and oxygen atoms in total. The summed E-state index contributed by atoms with van der Waals surface area (Å²) < 4.78 is 37.1. The van der Waals surface area contributed by atoms with E-state index in [0.29, 0.717) is 65.4 Å². The highest BCUT2D eigenvalue weighted by Gasteiger charge is 2.58. The SMILES string of the molecule is COc1ccc(C2=CN3C(=O)c4cc(OC)c(OCCCOc5cc6c(cc5OC)C(=O)N5CC7(CC7)C[C@H]5[C@@H](O)N6C(=O)OCc5ccc(CC(=O)[C@H](C)NC(=O)[C@@H](CC(=O)CNC(=O)CCC(=O)CCC(=O)N6Cc7ccccc7-c7c(nnn7C)-c7ccccc76)C(C)C)cc5)cc4CC[C@@H]3C2)cc1. The lowest BCUT2D eigenvalue weighted by Gasteiger charge is -2.31. The normalized spacial score (nSPS) is 17.7. The molecular formula is C82H89N9O16. The Morgan fingerprint density at radius 2 is 1.38 bits per heavy atom. The van der Waals surface area contributed by atoms with Crippen LogP contribution in [0.1, 0.15) is 140 Å². The van der Waals surface area contributed by atoms with Crippen molar-refractivity contribution in [3.05, 3.63) is 166 Å². The van der Waals surface area contributed by atoms with Crippen molar-refractivity contribution in [3.63, 3.8) is 0 Å². The van der Waals surface area contributed by atoms with Crippen LogP contribution in [0.3, 0.4) is 0 Å². The number of nitrogens with zero attached hydrogens (tertiary/aromatic N) is 7. The number of aliphatic hydroxyl groups excluding tert-OH is 1. The van der Waals surface area contributed by atoms with E-state index in [1.807, 2.05) is 97.0 Å². The van der Waals surface area contributed by atoms with Crippen molar-refractivity contribution in [1.82, 2.24) is 35.4 Å². The maximum absolute atomic E-state index is 14.5. The molecular weight excluding hydrogens is 1370 g/mol. The Morgan fingerprint density at radius 3 is 2.09 bits per heavy atom. The molecule has 1 saturated heterocycles. The number of methoxy groups -OCH3 is 3. The van der Waals surface area contributed by atoms with E-state index in [2.05, 4.69) is 20.9 Å². The van der Waals surface area contributed by atoms with Gasteiger partial charge in [0.1, 0.15) is 23.8 Å². The van der Waals surface area contributed by atoms with E-state index in [1.165, 1.54) is 26.4 Å². The van der Waals surface area contributed by atoms with Gasteiger partial charge in [-0.2, -0.15) is 0 Å². The number of rotatable bonds is 28. The monoisotopic (exact) mass is 1460 g/mol. The van der Waals surface area contributed by atoms with Crippen molar-refractivity contribution in [1.29, 1.82) is 0 Å². The highest BCUT2D eigenvalue weighted by molar-refractivity contribution is 6.07. The lowest BCUT2D eigenvalue weighted by atomic mass is 9.89. The number of hydrogen-bond donors (Lipinski definition) is 3. The molecule has 5 atom stereocenters. The summed E-state index contributed by atoms with van der Waals surface area (Å²) in [5, 5.41) is 26.3. The number of carbonyl (C=O) groups is 9. The number of amides is 6. The molecule has 0 radical (unpaired) electrons. The van der Waals surface area contributed by atoms with Crippen molar-refractivity contribution in [2.75, 3.05) is 57.4 Å². The molecule has 13 rings (SSSR count). The number of anilines is 2. The second kappa shape index (κ2) is 31.9. The molecule has 5 aliphatic heterocycles. The van der Waals surface area contributed by atoms with E-state index in [1.54, 1.807) is 72.7 Å². The van der Waals surface area contributed by atoms with Gasteiger partial charge in [0.2, 0.25) is 17.7 Å². The molecule has 107 heavy (non-hydrogen) atoms. The summed E-state index contributed by atoms with van der Waals surface area (Å²) in [5.74, 6) is -1.80. The molecule has 558 valence electrons. The molecule has 1 aliphatic carbocycles. The fourth-order valence-corrected chi connectivity index (χ4v) is 15.1. The van der Waals surface area contributed by atoms with Crippen molar-refractivity contribution in [2.24, 2.45) is 24.3 Å². The van der Waals surface area contributed by atoms with Crippen molar-refractivity contribution < 1.29 is 76.7 Å². The van der Waals surface area contributed by atoms with Crippen molar-refractivity contribution in [2.45, 2.75) is 142 Å². The lowest BCUT2D eigenvalue weighted by Crippen LogP contribution is -2.50. The van der Waals surface area contributed by atoms with Crippen LogP contribution in [-0.2, 0) is 66.5 Å². The Hall–Kier alpha value is -11.2. The van der Waals surface area contributed by atoms with Gasteiger partial charge in [-0.15, -0.1) is 5.10 Å². The van der Waals surface area contributed by atoms with Crippen LogP contribution in [0.2, 0.25) is 0 Å². The minimum atomic E-state index is -1.48. The minimum absolute atomic E-state index is 0.00585.